The average molecular weight is 337 g/mol. The van der Waals surface area contributed by atoms with Crippen molar-refractivity contribution in [1.82, 2.24) is 5.32 Å². The lowest BCUT2D eigenvalue weighted by molar-refractivity contribution is -0.140. The number of guanidine groups is 1. The summed E-state index contributed by atoms with van der Waals surface area (Å²) in [5.41, 5.74) is 0.849. The number of carbonyl (C=O) groups excluding carboxylic acids is 1. The standard InChI is InChI=1S/C17H27N3O4/c1-5-24-15-12-13(9-10-14(15)22-3)20-17(18-2)19-11-7-6-8-16(21)23-4/h9-10,12H,5-8,11H2,1-4H3,(H2,18,19,20). The van der Waals surface area contributed by atoms with Crippen molar-refractivity contribution in [2.75, 3.05) is 39.7 Å². The quantitative estimate of drug-likeness (QED) is 0.312. The molecule has 0 atom stereocenters. The first-order valence-corrected chi connectivity index (χ1v) is 7.99. The number of anilines is 1. The fourth-order valence-electron chi connectivity index (χ4n) is 2.04. The first-order chi connectivity index (χ1) is 11.6. The number of carbonyl (C=O) groups is 1. The van der Waals surface area contributed by atoms with Gasteiger partial charge in [-0.2, -0.15) is 0 Å². The predicted molar refractivity (Wildman–Crippen MR) is 95.0 cm³/mol. The van der Waals surface area contributed by atoms with E-state index in [1.165, 1.54) is 7.11 Å². The van der Waals surface area contributed by atoms with E-state index < -0.39 is 0 Å². The summed E-state index contributed by atoms with van der Waals surface area (Å²) < 4.78 is 15.4. The van der Waals surface area contributed by atoms with Gasteiger partial charge in [0.05, 0.1) is 20.8 Å². The number of aliphatic imine (C=N–C) groups is 1. The molecule has 1 rings (SSSR count). The molecular formula is C17H27N3O4. The summed E-state index contributed by atoms with van der Waals surface area (Å²) in [6, 6.07) is 5.61. The highest BCUT2D eigenvalue weighted by Gasteiger charge is 2.07. The van der Waals surface area contributed by atoms with E-state index in [4.69, 9.17) is 9.47 Å². The van der Waals surface area contributed by atoms with Crippen molar-refractivity contribution in [2.24, 2.45) is 4.99 Å². The number of ether oxygens (including phenoxy) is 3. The van der Waals surface area contributed by atoms with Gasteiger partial charge in [-0.05, 0) is 31.9 Å². The van der Waals surface area contributed by atoms with Crippen LogP contribution in [0.4, 0.5) is 5.69 Å². The molecule has 0 aliphatic carbocycles. The van der Waals surface area contributed by atoms with Crippen LogP contribution in [0.1, 0.15) is 26.2 Å². The molecule has 0 saturated carbocycles. The Morgan fingerprint density at radius 1 is 1.21 bits per heavy atom. The van der Waals surface area contributed by atoms with E-state index in [1.807, 2.05) is 25.1 Å². The van der Waals surface area contributed by atoms with Gasteiger partial charge in [0.2, 0.25) is 0 Å². The van der Waals surface area contributed by atoms with Crippen LogP contribution >= 0.6 is 0 Å². The zero-order valence-corrected chi connectivity index (χ0v) is 14.8. The van der Waals surface area contributed by atoms with Crippen LogP contribution in [0.5, 0.6) is 11.5 Å². The molecule has 0 fully saturated rings. The smallest absolute Gasteiger partial charge is 0.305 e. The van der Waals surface area contributed by atoms with Crippen molar-refractivity contribution in [2.45, 2.75) is 26.2 Å². The zero-order chi connectivity index (χ0) is 17.8. The van der Waals surface area contributed by atoms with Crippen LogP contribution in [-0.4, -0.2) is 46.3 Å². The van der Waals surface area contributed by atoms with Crippen LogP contribution in [0.15, 0.2) is 23.2 Å². The second kappa shape index (κ2) is 11.2. The molecule has 0 heterocycles. The SMILES string of the molecule is CCOc1cc(NC(=NC)NCCCCC(=O)OC)ccc1OC. The molecule has 0 radical (unpaired) electrons. The van der Waals surface area contributed by atoms with Crippen LogP contribution < -0.4 is 20.1 Å². The van der Waals surface area contributed by atoms with Gasteiger partial charge in [-0.1, -0.05) is 0 Å². The van der Waals surface area contributed by atoms with Crippen LogP contribution in [-0.2, 0) is 9.53 Å². The van der Waals surface area contributed by atoms with Crippen molar-refractivity contribution in [3.63, 3.8) is 0 Å². The maximum absolute atomic E-state index is 11.0. The maximum Gasteiger partial charge on any atom is 0.305 e. The highest BCUT2D eigenvalue weighted by Crippen LogP contribution is 2.30. The van der Waals surface area contributed by atoms with E-state index in [2.05, 4.69) is 20.4 Å². The van der Waals surface area contributed by atoms with Crippen molar-refractivity contribution in [3.05, 3.63) is 18.2 Å². The first kappa shape index (κ1) is 19.6. The fraction of sp³-hybridized carbons (Fsp3) is 0.529. The molecule has 2 N–H and O–H groups in total. The number of benzene rings is 1. The topological polar surface area (TPSA) is 81.2 Å². The third kappa shape index (κ3) is 6.76. The number of methoxy groups -OCH3 is 2. The Hall–Kier alpha value is -2.44. The number of esters is 1. The summed E-state index contributed by atoms with van der Waals surface area (Å²) in [6.07, 6.45) is 2.05. The van der Waals surface area contributed by atoms with Gasteiger partial charge in [0.1, 0.15) is 0 Å². The van der Waals surface area contributed by atoms with Crippen LogP contribution in [0.3, 0.4) is 0 Å². The predicted octanol–water partition coefficient (Wildman–Crippen LogP) is 2.42. The van der Waals surface area contributed by atoms with Crippen molar-refractivity contribution < 1.29 is 19.0 Å². The number of nitrogens with one attached hydrogen (secondary N) is 2. The average Bonchev–Trinajstić information content (AvgIpc) is 2.60. The second-order valence-corrected chi connectivity index (χ2v) is 4.96. The number of nitrogens with zero attached hydrogens (tertiary/aromatic N) is 1. The minimum Gasteiger partial charge on any atom is -0.493 e. The molecule has 0 spiro atoms. The minimum atomic E-state index is -0.181. The van der Waals surface area contributed by atoms with Crippen molar-refractivity contribution >= 4 is 17.6 Å². The number of unbranched alkanes of at least 4 members (excludes halogenated alkanes) is 1. The number of hydrogen-bond donors (Lipinski definition) is 2. The Morgan fingerprint density at radius 2 is 2.00 bits per heavy atom. The van der Waals surface area contributed by atoms with Crippen LogP contribution in [0.2, 0.25) is 0 Å². The van der Waals surface area contributed by atoms with E-state index in [0.717, 1.165) is 18.5 Å². The van der Waals surface area contributed by atoms with E-state index in [9.17, 15) is 4.79 Å². The molecule has 1 aromatic carbocycles. The second-order valence-electron chi connectivity index (χ2n) is 4.96. The lowest BCUT2D eigenvalue weighted by Gasteiger charge is -2.14. The Labute approximate surface area is 143 Å². The lowest BCUT2D eigenvalue weighted by atomic mass is 10.2. The van der Waals surface area contributed by atoms with Crippen molar-refractivity contribution in [3.8, 4) is 11.5 Å². The van der Waals surface area contributed by atoms with Crippen LogP contribution in [0.25, 0.3) is 0 Å². The molecule has 0 amide bonds. The Kier molecular flexibility index (Phi) is 9.11. The molecular weight excluding hydrogens is 310 g/mol. The number of hydrogen-bond acceptors (Lipinski definition) is 5. The highest BCUT2D eigenvalue weighted by molar-refractivity contribution is 5.93. The van der Waals surface area contributed by atoms with E-state index >= 15 is 0 Å². The first-order valence-electron chi connectivity index (χ1n) is 7.99. The van der Waals surface area contributed by atoms with Crippen molar-refractivity contribution in [1.29, 1.82) is 0 Å². The summed E-state index contributed by atoms with van der Waals surface area (Å²) in [4.78, 5) is 15.2. The summed E-state index contributed by atoms with van der Waals surface area (Å²) in [5.74, 6) is 1.84. The lowest BCUT2D eigenvalue weighted by Crippen LogP contribution is -2.31. The molecule has 0 aliphatic heterocycles. The molecule has 0 aliphatic rings. The monoisotopic (exact) mass is 337 g/mol. The third-order valence-electron chi connectivity index (χ3n) is 3.28. The summed E-state index contributed by atoms with van der Waals surface area (Å²) >= 11 is 0. The van der Waals surface area contributed by atoms with E-state index in [-0.39, 0.29) is 5.97 Å². The van der Waals surface area contributed by atoms with Gasteiger partial charge in [-0.15, -0.1) is 0 Å². The summed E-state index contributed by atoms with van der Waals surface area (Å²) in [6.45, 7) is 3.20. The van der Waals surface area contributed by atoms with Gasteiger partial charge < -0.3 is 24.8 Å². The maximum atomic E-state index is 11.0. The molecule has 0 unspecified atom stereocenters. The molecule has 24 heavy (non-hydrogen) atoms. The summed E-state index contributed by atoms with van der Waals surface area (Å²) in [5, 5.41) is 6.41. The van der Waals surface area contributed by atoms with Gasteiger partial charge in [0, 0.05) is 31.8 Å². The summed E-state index contributed by atoms with van der Waals surface area (Å²) in [7, 11) is 4.72. The van der Waals surface area contributed by atoms with E-state index in [1.54, 1.807) is 14.2 Å². The minimum absolute atomic E-state index is 0.181. The van der Waals surface area contributed by atoms with Gasteiger partial charge >= 0.3 is 5.97 Å². The highest BCUT2D eigenvalue weighted by atomic mass is 16.5. The molecule has 0 bridgehead atoms. The molecule has 0 saturated heterocycles. The number of rotatable bonds is 9. The Balaban J connectivity index is 2.50. The van der Waals surface area contributed by atoms with Gasteiger partial charge in [-0.25, -0.2) is 0 Å². The molecule has 0 aromatic heterocycles. The molecule has 7 nitrogen and oxygen atoms in total. The fourth-order valence-corrected chi connectivity index (χ4v) is 2.04. The van der Waals surface area contributed by atoms with E-state index in [0.29, 0.717) is 37.0 Å². The van der Waals surface area contributed by atoms with Gasteiger partial charge in [-0.3, -0.25) is 9.79 Å². The third-order valence-corrected chi connectivity index (χ3v) is 3.28. The van der Waals surface area contributed by atoms with Crippen LogP contribution in [0, 0.1) is 0 Å². The van der Waals surface area contributed by atoms with Gasteiger partial charge in [0.15, 0.2) is 17.5 Å². The molecule has 7 heteroatoms. The molecule has 1 aromatic rings. The zero-order valence-electron chi connectivity index (χ0n) is 14.8. The largest absolute Gasteiger partial charge is 0.493 e. The Bertz CT molecular complexity index is 547. The Morgan fingerprint density at radius 3 is 2.62 bits per heavy atom. The normalized spacial score (nSPS) is 10.9. The van der Waals surface area contributed by atoms with Gasteiger partial charge in [0.25, 0.3) is 0 Å². The molecule has 134 valence electrons.